The molecule has 0 saturated carbocycles. The first-order chi connectivity index (χ1) is 16.2. The zero-order chi connectivity index (χ0) is 24.6. The van der Waals surface area contributed by atoms with Crippen LogP contribution in [-0.2, 0) is 0 Å². The predicted molar refractivity (Wildman–Crippen MR) is 147 cm³/mol. The van der Waals surface area contributed by atoms with E-state index in [1.54, 1.807) is 0 Å². The average Bonchev–Trinajstić information content (AvgIpc) is 2.81. The molecule has 0 aliphatic rings. The molecule has 0 aliphatic heterocycles. The van der Waals surface area contributed by atoms with Crippen molar-refractivity contribution in [3.8, 4) is 0 Å². The Morgan fingerprint density at radius 1 is 0.588 bits per heavy atom. The lowest BCUT2D eigenvalue weighted by Crippen LogP contribution is -1.97. The quantitative estimate of drug-likeness (QED) is 0.290. The van der Waals surface area contributed by atoms with Gasteiger partial charge in [0, 0.05) is 5.39 Å². The maximum atomic E-state index is 4.94. The summed E-state index contributed by atoms with van der Waals surface area (Å²) < 4.78 is 0. The number of aryl methyl sites for hydroxylation is 4. The van der Waals surface area contributed by atoms with Gasteiger partial charge in [0.05, 0.1) is 35.2 Å². The Labute approximate surface area is 203 Å². The number of hydrogen-bond acceptors (Lipinski definition) is 3. The van der Waals surface area contributed by atoms with E-state index in [1.165, 1.54) is 44.5 Å². The van der Waals surface area contributed by atoms with Crippen molar-refractivity contribution in [2.75, 3.05) is 0 Å². The Balaban J connectivity index is 1.82. The summed E-state index contributed by atoms with van der Waals surface area (Å²) in [4.78, 5) is 14.7. The molecule has 0 saturated heterocycles. The molecule has 0 unspecified atom stereocenters. The minimum absolute atomic E-state index is 0.826. The van der Waals surface area contributed by atoms with Gasteiger partial charge in [0.25, 0.3) is 0 Å². The second kappa shape index (κ2) is 9.34. The van der Waals surface area contributed by atoms with E-state index in [1.807, 2.05) is 18.5 Å². The van der Waals surface area contributed by atoms with Gasteiger partial charge < -0.3 is 0 Å². The molecular formula is C31H33N3. The SMILES string of the molecule is Cc1cc(C)c(C)c(/N=C/c2cc3ccccc3c(/C=N/c3c(C)c(C)cc(C)c3C)n2)c1C. The van der Waals surface area contributed by atoms with Gasteiger partial charge in [-0.1, -0.05) is 36.4 Å². The Bertz CT molecular complexity index is 1420. The minimum Gasteiger partial charge on any atom is -0.254 e. The molecule has 3 nitrogen and oxygen atoms in total. The lowest BCUT2D eigenvalue weighted by molar-refractivity contribution is 1.22. The fourth-order valence-corrected chi connectivity index (χ4v) is 4.45. The van der Waals surface area contributed by atoms with Crippen molar-refractivity contribution in [3.63, 3.8) is 0 Å². The molecule has 0 radical (unpaired) electrons. The third-order valence-electron chi connectivity index (χ3n) is 7.08. The first-order valence-corrected chi connectivity index (χ1v) is 11.8. The Morgan fingerprint density at radius 2 is 1.06 bits per heavy atom. The van der Waals surface area contributed by atoms with Gasteiger partial charge in [0.15, 0.2) is 0 Å². The van der Waals surface area contributed by atoms with Crippen LogP contribution in [0.25, 0.3) is 10.8 Å². The van der Waals surface area contributed by atoms with Gasteiger partial charge in [-0.25, -0.2) is 4.98 Å². The summed E-state index contributed by atoms with van der Waals surface area (Å²) in [6, 6.07) is 14.9. The third-order valence-corrected chi connectivity index (χ3v) is 7.08. The standard InChI is InChI=1S/C31H33N3/c1-18-13-19(2)23(6)30(22(18)5)32-16-27-15-26-11-9-10-12-28(26)29(34-27)17-33-31-24(7)20(3)14-21(4)25(31)8/h9-17H,1-8H3/b32-16+,33-17+. The van der Waals surface area contributed by atoms with Crippen LogP contribution in [0.1, 0.15) is 55.9 Å². The van der Waals surface area contributed by atoms with E-state index in [4.69, 9.17) is 15.0 Å². The topological polar surface area (TPSA) is 37.6 Å². The number of hydrogen-bond donors (Lipinski definition) is 0. The van der Waals surface area contributed by atoms with Crippen LogP contribution in [0.5, 0.6) is 0 Å². The van der Waals surface area contributed by atoms with Crippen LogP contribution in [0.3, 0.4) is 0 Å². The van der Waals surface area contributed by atoms with E-state index in [9.17, 15) is 0 Å². The first kappa shape index (κ1) is 23.6. The van der Waals surface area contributed by atoms with E-state index < -0.39 is 0 Å². The summed E-state index contributed by atoms with van der Waals surface area (Å²) in [7, 11) is 0. The van der Waals surface area contributed by atoms with Crippen molar-refractivity contribution in [1.29, 1.82) is 0 Å². The molecule has 4 rings (SSSR count). The summed E-state index contributed by atoms with van der Waals surface area (Å²) in [6.07, 6.45) is 3.78. The van der Waals surface area contributed by atoms with Crippen LogP contribution >= 0.6 is 0 Å². The van der Waals surface area contributed by atoms with Crippen molar-refractivity contribution in [2.24, 2.45) is 9.98 Å². The fourth-order valence-electron chi connectivity index (χ4n) is 4.45. The van der Waals surface area contributed by atoms with Gasteiger partial charge in [-0.15, -0.1) is 0 Å². The van der Waals surface area contributed by atoms with E-state index >= 15 is 0 Å². The third kappa shape index (κ3) is 4.43. The molecule has 3 aromatic carbocycles. The zero-order valence-corrected chi connectivity index (χ0v) is 21.5. The van der Waals surface area contributed by atoms with Crippen molar-refractivity contribution in [1.82, 2.24) is 4.98 Å². The lowest BCUT2D eigenvalue weighted by atomic mass is 9.99. The van der Waals surface area contributed by atoms with E-state index in [2.05, 4.69) is 91.8 Å². The highest BCUT2D eigenvalue weighted by molar-refractivity contribution is 6.01. The molecule has 0 amide bonds. The molecule has 172 valence electrons. The number of pyridine rings is 1. The van der Waals surface area contributed by atoms with Crippen LogP contribution in [0, 0.1) is 55.4 Å². The molecule has 3 heteroatoms. The van der Waals surface area contributed by atoms with Crippen LogP contribution in [0.4, 0.5) is 11.4 Å². The van der Waals surface area contributed by atoms with E-state index in [0.717, 1.165) is 33.5 Å². The lowest BCUT2D eigenvalue weighted by Gasteiger charge is -2.12. The van der Waals surface area contributed by atoms with Crippen LogP contribution < -0.4 is 0 Å². The van der Waals surface area contributed by atoms with Crippen molar-refractivity contribution < 1.29 is 0 Å². The smallest absolute Gasteiger partial charge is 0.0898 e. The highest BCUT2D eigenvalue weighted by Gasteiger charge is 2.10. The van der Waals surface area contributed by atoms with E-state index in [-0.39, 0.29) is 0 Å². The van der Waals surface area contributed by atoms with Crippen LogP contribution in [0.15, 0.2) is 52.4 Å². The maximum Gasteiger partial charge on any atom is 0.0898 e. The van der Waals surface area contributed by atoms with Crippen molar-refractivity contribution in [2.45, 2.75) is 55.4 Å². The van der Waals surface area contributed by atoms with Gasteiger partial charge in [-0.3, -0.25) is 9.98 Å². The van der Waals surface area contributed by atoms with Crippen molar-refractivity contribution in [3.05, 3.63) is 98.4 Å². The predicted octanol–water partition coefficient (Wildman–Crippen LogP) is 8.20. The molecule has 0 aliphatic carbocycles. The highest BCUT2D eigenvalue weighted by Crippen LogP contribution is 2.31. The minimum atomic E-state index is 0.826. The fraction of sp³-hybridized carbons (Fsp3) is 0.258. The summed E-state index contributed by atoms with van der Waals surface area (Å²) in [5.74, 6) is 0. The zero-order valence-electron chi connectivity index (χ0n) is 21.5. The number of rotatable bonds is 4. The van der Waals surface area contributed by atoms with Gasteiger partial charge in [-0.2, -0.15) is 0 Å². The molecule has 0 spiro atoms. The normalized spacial score (nSPS) is 11.9. The number of nitrogens with zero attached hydrogens (tertiary/aromatic N) is 3. The summed E-state index contributed by atoms with van der Waals surface area (Å²) in [6.45, 7) is 17.1. The van der Waals surface area contributed by atoms with Gasteiger partial charge in [0.2, 0.25) is 0 Å². The Kier molecular flexibility index (Phi) is 6.47. The second-order valence-electron chi connectivity index (χ2n) is 9.39. The highest BCUT2D eigenvalue weighted by atomic mass is 14.8. The number of benzene rings is 3. The molecule has 1 heterocycles. The molecule has 0 N–H and O–H groups in total. The summed E-state index contributed by atoms with van der Waals surface area (Å²) in [5.41, 5.74) is 13.6. The second-order valence-corrected chi connectivity index (χ2v) is 9.39. The molecule has 0 fully saturated rings. The van der Waals surface area contributed by atoms with E-state index in [0.29, 0.717) is 0 Å². The molecule has 0 bridgehead atoms. The number of aromatic nitrogens is 1. The Morgan fingerprint density at radius 3 is 1.59 bits per heavy atom. The molecule has 0 atom stereocenters. The molecule has 1 aromatic heterocycles. The molecule has 4 aromatic rings. The summed E-state index contributed by atoms with van der Waals surface area (Å²) in [5, 5.41) is 2.21. The number of fused-ring (bicyclic) bond motifs is 1. The monoisotopic (exact) mass is 447 g/mol. The molecular weight excluding hydrogens is 414 g/mol. The summed E-state index contributed by atoms with van der Waals surface area (Å²) >= 11 is 0. The van der Waals surface area contributed by atoms with Crippen molar-refractivity contribution >= 4 is 34.6 Å². The van der Waals surface area contributed by atoms with Gasteiger partial charge in [-0.05, 0) is 111 Å². The molecule has 34 heavy (non-hydrogen) atoms. The Hall–Kier alpha value is -3.59. The van der Waals surface area contributed by atoms with Gasteiger partial charge in [0.1, 0.15) is 0 Å². The van der Waals surface area contributed by atoms with Crippen LogP contribution in [-0.4, -0.2) is 17.4 Å². The maximum absolute atomic E-state index is 4.94. The first-order valence-electron chi connectivity index (χ1n) is 11.8. The van der Waals surface area contributed by atoms with Crippen LogP contribution in [0.2, 0.25) is 0 Å². The average molecular weight is 448 g/mol. The largest absolute Gasteiger partial charge is 0.254 e. The number of aliphatic imine (C=N–C) groups is 2. The van der Waals surface area contributed by atoms with Gasteiger partial charge >= 0.3 is 0 Å².